The number of halogens is 2. The van der Waals surface area contributed by atoms with E-state index < -0.39 is 0 Å². The molecule has 5 nitrogen and oxygen atoms in total. The van der Waals surface area contributed by atoms with E-state index in [9.17, 15) is 9.59 Å². The quantitative estimate of drug-likeness (QED) is 0.800. The molecule has 0 unspecified atom stereocenters. The summed E-state index contributed by atoms with van der Waals surface area (Å²) in [6.45, 7) is 4.09. The van der Waals surface area contributed by atoms with Gasteiger partial charge in [-0.05, 0) is 25.5 Å². The molecule has 0 saturated heterocycles. The van der Waals surface area contributed by atoms with Gasteiger partial charge in [-0.1, -0.05) is 48.0 Å². The van der Waals surface area contributed by atoms with E-state index in [4.69, 9.17) is 23.2 Å². The van der Waals surface area contributed by atoms with Gasteiger partial charge in [-0.2, -0.15) is 0 Å². The average molecular weight is 398 g/mol. The highest BCUT2D eigenvalue weighted by molar-refractivity contribution is 7.99. The highest BCUT2D eigenvalue weighted by atomic mass is 35.5. The Kier molecular flexibility index (Phi) is 5.41. The minimum atomic E-state index is -0.348. The monoisotopic (exact) mass is 397 g/mol. The first kappa shape index (κ1) is 18.3. The second kappa shape index (κ2) is 7.40. The largest absolute Gasteiger partial charge is 0.324 e. The van der Waals surface area contributed by atoms with Gasteiger partial charge in [0, 0.05) is 23.6 Å². The molecule has 132 valence electrons. The van der Waals surface area contributed by atoms with E-state index >= 15 is 0 Å². The molecule has 3 rings (SSSR count). The Morgan fingerprint density at radius 1 is 1.44 bits per heavy atom. The number of nitrogens with zero attached hydrogens (tertiary/aromatic N) is 2. The van der Waals surface area contributed by atoms with Crippen LogP contribution < -0.4 is 10.9 Å². The third-order valence-corrected chi connectivity index (χ3v) is 6.14. The summed E-state index contributed by atoms with van der Waals surface area (Å²) >= 11 is 13.5. The number of anilines is 1. The van der Waals surface area contributed by atoms with Crippen molar-refractivity contribution in [3.8, 4) is 0 Å². The number of thioether (sulfide) groups is 1. The summed E-state index contributed by atoms with van der Waals surface area (Å²) in [6.07, 6.45) is 0.623. The van der Waals surface area contributed by atoms with Gasteiger partial charge in [0.1, 0.15) is 0 Å². The number of benzene rings is 1. The normalized spacial score (nSPS) is 16.4. The zero-order valence-electron chi connectivity index (χ0n) is 13.8. The molecule has 25 heavy (non-hydrogen) atoms. The summed E-state index contributed by atoms with van der Waals surface area (Å²) in [5.41, 5.74) is 1.87. The van der Waals surface area contributed by atoms with Crippen LogP contribution in [-0.4, -0.2) is 21.2 Å². The molecule has 8 heteroatoms. The van der Waals surface area contributed by atoms with Crippen molar-refractivity contribution >= 4 is 46.6 Å². The fraction of sp³-hybridized carbons (Fsp3) is 0.353. The van der Waals surface area contributed by atoms with Gasteiger partial charge in [-0.25, -0.2) is 4.98 Å². The molecule has 1 aromatic heterocycles. The number of amides is 1. The molecule has 0 aliphatic carbocycles. The Labute approximate surface area is 159 Å². The van der Waals surface area contributed by atoms with E-state index in [2.05, 4.69) is 10.3 Å². The molecular weight excluding hydrogens is 381 g/mol. The van der Waals surface area contributed by atoms with Crippen molar-refractivity contribution in [2.24, 2.45) is 5.92 Å². The first-order valence-corrected chi connectivity index (χ1v) is 9.64. The predicted molar refractivity (Wildman–Crippen MR) is 102 cm³/mol. The minimum absolute atomic E-state index is 0.0595. The van der Waals surface area contributed by atoms with Crippen molar-refractivity contribution in [1.82, 2.24) is 9.55 Å². The first-order chi connectivity index (χ1) is 11.9. The van der Waals surface area contributed by atoms with E-state index in [1.807, 2.05) is 13.8 Å². The first-order valence-electron chi connectivity index (χ1n) is 7.90. The molecular formula is C17H17Cl2N3O2S. The second-order valence-electron chi connectivity index (χ2n) is 5.83. The maximum atomic E-state index is 12.6. The zero-order valence-corrected chi connectivity index (χ0v) is 16.1. The van der Waals surface area contributed by atoms with Crippen molar-refractivity contribution in [2.75, 3.05) is 11.1 Å². The van der Waals surface area contributed by atoms with Gasteiger partial charge in [0.25, 0.3) is 5.56 Å². The molecule has 1 aromatic carbocycles. The van der Waals surface area contributed by atoms with Crippen LogP contribution in [0.25, 0.3) is 0 Å². The number of carbonyl (C=O) groups is 1. The van der Waals surface area contributed by atoms with E-state index in [0.29, 0.717) is 45.2 Å². The van der Waals surface area contributed by atoms with Crippen molar-refractivity contribution in [2.45, 2.75) is 32.0 Å². The van der Waals surface area contributed by atoms with Gasteiger partial charge < -0.3 is 5.32 Å². The van der Waals surface area contributed by atoms with Gasteiger partial charge in [-0.15, -0.1) is 0 Å². The van der Waals surface area contributed by atoms with Crippen molar-refractivity contribution in [3.05, 3.63) is 49.9 Å². The molecule has 1 N–H and O–H groups in total. The SMILES string of the molecule is CCc1c(C)nc2n(c1=O)C[C@H](C(=O)Nc1cccc(Cl)c1Cl)CS2. The standard InChI is InChI=1S/C17H17Cl2N3O2S/c1-3-11-9(2)20-17-22(16(11)24)7-10(8-25-17)15(23)21-13-6-4-5-12(18)14(13)19/h4-6,10H,3,7-8H2,1-2H3,(H,21,23)/t10-/m0/s1. The predicted octanol–water partition coefficient (Wildman–Crippen LogP) is 3.78. The number of carbonyl (C=O) groups excluding carboxylic acids is 1. The van der Waals surface area contributed by atoms with Crippen LogP contribution in [0.4, 0.5) is 5.69 Å². The van der Waals surface area contributed by atoms with Gasteiger partial charge >= 0.3 is 0 Å². The highest BCUT2D eigenvalue weighted by Gasteiger charge is 2.28. The Morgan fingerprint density at radius 2 is 2.20 bits per heavy atom. The lowest BCUT2D eigenvalue weighted by atomic mass is 10.1. The molecule has 0 saturated carbocycles. The Morgan fingerprint density at radius 3 is 2.92 bits per heavy atom. The Bertz CT molecular complexity index is 898. The molecule has 1 aliphatic rings. The summed E-state index contributed by atoms with van der Waals surface area (Å²) in [7, 11) is 0. The minimum Gasteiger partial charge on any atom is -0.324 e. The van der Waals surface area contributed by atoms with Crippen LogP contribution in [0.3, 0.4) is 0 Å². The fourth-order valence-electron chi connectivity index (χ4n) is 2.80. The number of fused-ring (bicyclic) bond motifs is 1. The number of nitrogens with one attached hydrogen (secondary N) is 1. The lowest BCUT2D eigenvalue weighted by Gasteiger charge is -2.25. The molecule has 0 fully saturated rings. The third-order valence-electron chi connectivity index (χ3n) is 4.18. The molecule has 0 spiro atoms. The summed E-state index contributed by atoms with van der Waals surface area (Å²) in [5.74, 6) is 0.0220. The van der Waals surface area contributed by atoms with E-state index in [-0.39, 0.29) is 17.4 Å². The number of hydrogen-bond donors (Lipinski definition) is 1. The van der Waals surface area contributed by atoms with Crippen LogP contribution in [0.15, 0.2) is 28.2 Å². The van der Waals surface area contributed by atoms with Gasteiger partial charge in [0.05, 0.1) is 21.7 Å². The van der Waals surface area contributed by atoms with E-state index in [1.165, 1.54) is 11.8 Å². The Balaban J connectivity index is 1.84. The maximum Gasteiger partial charge on any atom is 0.257 e. The fourth-order valence-corrected chi connectivity index (χ4v) is 4.27. The van der Waals surface area contributed by atoms with Crippen LogP contribution in [0.2, 0.25) is 10.0 Å². The van der Waals surface area contributed by atoms with E-state index in [0.717, 1.165) is 5.69 Å². The lowest BCUT2D eigenvalue weighted by molar-refractivity contribution is -0.119. The summed E-state index contributed by atoms with van der Waals surface area (Å²) in [4.78, 5) is 29.7. The maximum absolute atomic E-state index is 12.6. The number of aryl methyl sites for hydroxylation is 1. The zero-order chi connectivity index (χ0) is 18.1. The molecule has 2 heterocycles. The number of rotatable bonds is 3. The third kappa shape index (κ3) is 3.57. The van der Waals surface area contributed by atoms with Crippen molar-refractivity contribution in [1.29, 1.82) is 0 Å². The molecule has 1 amide bonds. The van der Waals surface area contributed by atoms with Crippen molar-refractivity contribution in [3.63, 3.8) is 0 Å². The molecule has 0 bridgehead atoms. The van der Waals surface area contributed by atoms with Crippen LogP contribution in [0.1, 0.15) is 18.2 Å². The average Bonchev–Trinajstić information content (AvgIpc) is 2.59. The molecule has 1 aliphatic heterocycles. The van der Waals surface area contributed by atoms with E-state index in [1.54, 1.807) is 22.8 Å². The van der Waals surface area contributed by atoms with Gasteiger partial charge in [0.2, 0.25) is 5.91 Å². The topological polar surface area (TPSA) is 64.0 Å². The van der Waals surface area contributed by atoms with Crippen LogP contribution in [0, 0.1) is 12.8 Å². The van der Waals surface area contributed by atoms with Crippen molar-refractivity contribution < 1.29 is 4.79 Å². The van der Waals surface area contributed by atoms with Gasteiger partial charge in [0.15, 0.2) is 5.16 Å². The van der Waals surface area contributed by atoms with Crippen LogP contribution in [-0.2, 0) is 17.8 Å². The van der Waals surface area contributed by atoms with Gasteiger partial charge in [-0.3, -0.25) is 14.2 Å². The molecule has 0 radical (unpaired) electrons. The second-order valence-corrected chi connectivity index (χ2v) is 7.60. The highest BCUT2D eigenvalue weighted by Crippen LogP contribution is 2.31. The summed E-state index contributed by atoms with van der Waals surface area (Å²) < 4.78 is 1.60. The van der Waals surface area contributed by atoms with Crippen LogP contribution in [0.5, 0.6) is 0 Å². The molecule has 2 aromatic rings. The lowest BCUT2D eigenvalue weighted by Crippen LogP contribution is -2.38. The Hall–Kier alpha value is -1.50. The number of aromatic nitrogens is 2. The summed E-state index contributed by atoms with van der Waals surface area (Å²) in [6, 6.07) is 5.08. The smallest absolute Gasteiger partial charge is 0.257 e. The van der Waals surface area contributed by atoms with Crippen LogP contribution >= 0.6 is 35.0 Å². The summed E-state index contributed by atoms with van der Waals surface area (Å²) in [5, 5.41) is 4.17. The number of hydrogen-bond acceptors (Lipinski definition) is 4. The molecule has 1 atom stereocenters.